The van der Waals surface area contributed by atoms with Crippen molar-refractivity contribution in [1.82, 2.24) is 4.98 Å². The summed E-state index contributed by atoms with van der Waals surface area (Å²) in [4.78, 5) is 18.2. The highest BCUT2D eigenvalue weighted by molar-refractivity contribution is 6.10. The van der Waals surface area contributed by atoms with Gasteiger partial charge in [0.2, 0.25) is 0 Å². The van der Waals surface area contributed by atoms with Crippen LogP contribution in [-0.4, -0.2) is 28.7 Å². The lowest BCUT2D eigenvalue weighted by atomic mass is 9.92. The number of aliphatic hydroxyl groups excluding tert-OH is 1. The van der Waals surface area contributed by atoms with Gasteiger partial charge in [-0.05, 0) is 49.1 Å². The van der Waals surface area contributed by atoms with Gasteiger partial charge in [0.1, 0.15) is 0 Å². The Kier molecular flexibility index (Phi) is 4.84. The molecule has 26 heavy (non-hydrogen) atoms. The molecule has 3 rings (SSSR count). The number of benzene rings is 2. The van der Waals surface area contributed by atoms with Gasteiger partial charge < -0.3 is 14.8 Å². The molecule has 0 radical (unpaired) electrons. The molecule has 0 saturated carbocycles. The highest BCUT2D eigenvalue weighted by Gasteiger charge is 2.30. The van der Waals surface area contributed by atoms with Crippen LogP contribution in [0.2, 0.25) is 0 Å². The predicted octanol–water partition coefficient (Wildman–Crippen LogP) is 4.21. The molecule has 2 atom stereocenters. The number of carbonyl (C=O) groups is 1. The van der Waals surface area contributed by atoms with Crippen LogP contribution >= 0.6 is 0 Å². The van der Waals surface area contributed by atoms with Crippen molar-refractivity contribution >= 4 is 27.8 Å². The van der Waals surface area contributed by atoms with Gasteiger partial charge in [-0.1, -0.05) is 29.4 Å². The molecule has 0 amide bonds. The van der Waals surface area contributed by atoms with Gasteiger partial charge in [0.05, 0.1) is 12.7 Å². The summed E-state index contributed by atoms with van der Waals surface area (Å²) < 4.78 is 4.94. The topological polar surface area (TPSA) is 111 Å². The number of aromatic amines is 1. The second-order valence-corrected chi connectivity index (χ2v) is 6.17. The number of carbonyl (C=O) groups excluding carboxylic acids is 1. The van der Waals surface area contributed by atoms with Gasteiger partial charge >= 0.3 is 5.97 Å². The molecular formula is C19H20N4O3. The molecule has 2 aromatic carbocycles. The van der Waals surface area contributed by atoms with E-state index in [1.165, 1.54) is 0 Å². The SMILES string of the molecule is CCOC(=O)C(N=[N+]=[N-])C(O)c1cc(C)c2[nH]c3ccccc3c2c1C. The lowest BCUT2D eigenvalue weighted by Gasteiger charge is -2.20. The van der Waals surface area contributed by atoms with E-state index in [9.17, 15) is 9.90 Å². The summed E-state index contributed by atoms with van der Waals surface area (Å²) in [6.07, 6.45) is -1.29. The van der Waals surface area contributed by atoms with E-state index in [2.05, 4.69) is 15.0 Å². The molecule has 7 nitrogen and oxygen atoms in total. The second kappa shape index (κ2) is 7.07. The van der Waals surface area contributed by atoms with Gasteiger partial charge in [-0.2, -0.15) is 0 Å². The number of ether oxygens (including phenoxy) is 1. The lowest BCUT2D eigenvalue weighted by molar-refractivity contribution is -0.147. The molecule has 0 fully saturated rings. The standard InChI is InChI=1S/C19H20N4O3/c1-4-26-19(25)17(22-23-20)18(24)13-9-10(2)16-15(11(13)3)12-7-5-6-8-14(12)21-16/h5-9,17-18,21,24H,4H2,1-3H3. The summed E-state index contributed by atoms with van der Waals surface area (Å²) in [6, 6.07) is 8.39. The number of aryl methyl sites for hydroxylation is 2. The minimum Gasteiger partial charge on any atom is -0.466 e. The van der Waals surface area contributed by atoms with Crippen molar-refractivity contribution in [3.8, 4) is 0 Å². The van der Waals surface area contributed by atoms with Crippen molar-refractivity contribution in [2.24, 2.45) is 5.11 Å². The fraction of sp³-hybridized carbons (Fsp3) is 0.316. The van der Waals surface area contributed by atoms with E-state index in [4.69, 9.17) is 10.3 Å². The quantitative estimate of drug-likeness (QED) is 0.310. The third kappa shape index (κ3) is 2.87. The summed E-state index contributed by atoms with van der Waals surface area (Å²) in [6.45, 7) is 5.62. The van der Waals surface area contributed by atoms with Crippen molar-refractivity contribution in [3.05, 3.63) is 57.5 Å². The number of hydrogen-bond donors (Lipinski definition) is 2. The number of nitrogens with one attached hydrogen (secondary N) is 1. The van der Waals surface area contributed by atoms with E-state index >= 15 is 0 Å². The van der Waals surface area contributed by atoms with E-state index in [1.54, 1.807) is 6.92 Å². The first kappa shape index (κ1) is 17.8. The Labute approximate surface area is 150 Å². The number of esters is 1. The Balaban J connectivity index is 2.20. The van der Waals surface area contributed by atoms with Crippen LogP contribution in [0.5, 0.6) is 0 Å². The van der Waals surface area contributed by atoms with Gasteiger partial charge in [-0.3, -0.25) is 4.79 Å². The number of azide groups is 1. The third-order valence-corrected chi connectivity index (χ3v) is 4.60. The van der Waals surface area contributed by atoms with E-state index in [-0.39, 0.29) is 6.61 Å². The Hall–Kier alpha value is -3.02. The highest BCUT2D eigenvalue weighted by Crippen LogP contribution is 2.35. The second-order valence-electron chi connectivity index (χ2n) is 6.17. The molecular weight excluding hydrogens is 332 g/mol. The largest absolute Gasteiger partial charge is 0.466 e. The van der Waals surface area contributed by atoms with Crippen LogP contribution in [0.4, 0.5) is 0 Å². The predicted molar refractivity (Wildman–Crippen MR) is 99.8 cm³/mol. The monoisotopic (exact) mass is 352 g/mol. The normalized spacial score (nSPS) is 13.4. The van der Waals surface area contributed by atoms with Crippen LogP contribution in [0.1, 0.15) is 29.7 Å². The summed E-state index contributed by atoms with van der Waals surface area (Å²) in [5.74, 6) is -0.742. The Morgan fingerprint density at radius 1 is 1.38 bits per heavy atom. The van der Waals surface area contributed by atoms with E-state index < -0.39 is 18.1 Å². The van der Waals surface area contributed by atoms with E-state index in [0.29, 0.717) is 5.56 Å². The molecule has 0 aliphatic carbocycles. The van der Waals surface area contributed by atoms with Crippen molar-refractivity contribution < 1.29 is 14.6 Å². The average molecular weight is 352 g/mol. The fourth-order valence-electron chi connectivity index (χ4n) is 3.38. The number of H-pyrrole nitrogens is 1. The Bertz CT molecular complexity index is 1030. The first-order valence-corrected chi connectivity index (χ1v) is 8.39. The minimum absolute atomic E-state index is 0.141. The Morgan fingerprint density at radius 3 is 2.81 bits per heavy atom. The number of rotatable bonds is 5. The average Bonchev–Trinajstić information content (AvgIpc) is 3.03. The van der Waals surface area contributed by atoms with E-state index in [1.807, 2.05) is 44.2 Å². The number of para-hydroxylation sites is 1. The maximum atomic E-state index is 12.1. The molecule has 3 aromatic rings. The zero-order valence-corrected chi connectivity index (χ0v) is 14.9. The number of aromatic nitrogens is 1. The molecule has 1 aromatic heterocycles. The van der Waals surface area contributed by atoms with Crippen LogP contribution in [0.3, 0.4) is 0 Å². The lowest BCUT2D eigenvalue weighted by Crippen LogP contribution is -2.28. The van der Waals surface area contributed by atoms with Crippen molar-refractivity contribution in [1.29, 1.82) is 0 Å². The fourth-order valence-corrected chi connectivity index (χ4v) is 3.38. The van der Waals surface area contributed by atoms with Crippen molar-refractivity contribution in [3.63, 3.8) is 0 Å². The van der Waals surface area contributed by atoms with E-state index in [0.717, 1.165) is 32.9 Å². The molecule has 7 heteroatoms. The van der Waals surface area contributed by atoms with Crippen molar-refractivity contribution in [2.75, 3.05) is 6.61 Å². The zero-order chi connectivity index (χ0) is 18.8. The van der Waals surface area contributed by atoms with Crippen LogP contribution < -0.4 is 0 Å². The number of aliphatic hydroxyl groups is 1. The molecule has 2 N–H and O–H groups in total. The van der Waals surface area contributed by atoms with Gasteiger partial charge in [0.15, 0.2) is 6.04 Å². The summed E-state index contributed by atoms with van der Waals surface area (Å²) in [5, 5.41) is 16.3. The smallest absolute Gasteiger partial charge is 0.317 e. The zero-order valence-electron chi connectivity index (χ0n) is 14.9. The molecule has 0 aliphatic rings. The maximum Gasteiger partial charge on any atom is 0.317 e. The van der Waals surface area contributed by atoms with Crippen molar-refractivity contribution in [2.45, 2.75) is 32.9 Å². The summed E-state index contributed by atoms with van der Waals surface area (Å²) >= 11 is 0. The van der Waals surface area contributed by atoms with Crippen LogP contribution in [0.15, 0.2) is 35.4 Å². The first-order valence-electron chi connectivity index (χ1n) is 8.39. The molecule has 1 heterocycles. The number of hydrogen-bond acceptors (Lipinski definition) is 4. The summed E-state index contributed by atoms with van der Waals surface area (Å²) in [5.41, 5.74) is 13.1. The first-order chi connectivity index (χ1) is 12.5. The summed E-state index contributed by atoms with van der Waals surface area (Å²) in [7, 11) is 0. The molecule has 2 unspecified atom stereocenters. The molecule has 0 saturated heterocycles. The molecule has 134 valence electrons. The maximum absolute atomic E-state index is 12.1. The van der Waals surface area contributed by atoms with Gasteiger partial charge in [-0.15, -0.1) is 0 Å². The van der Waals surface area contributed by atoms with Gasteiger partial charge in [0, 0.05) is 26.7 Å². The molecule has 0 aliphatic heterocycles. The number of fused-ring (bicyclic) bond motifs is 3. The minimum atomic E-state index is -1.33. The Morgan fingerprint density at radius 2 is 2.12 bits per heavy atom. The molecule has 0 spiro atoms. The highest BCUT2D eigenvalue weighted by atomic mass is 16.5. The van der Waals surface area contributed by atoms with Crippen LogP contribution in [0.25, 0.3) is 32.2 Å². The molecule has 0 bridgehead atoms. The van der Waals surface area contributed by atoms with Gasteiger partial charge in [0.25, 0.3) is 0 Å². The van der Waals surface area contributed by atoms with Gasteiger partial charge in [-0.25, -0.2) is 0 Å². The third-order valence-electron chi connectivity index (χ3n) is 4.60. The van der Waals surface area contributed by atoms with Crippen LogP contribution in [0, 0.1) is 13.8 Å². The van der Waals surface area contributed by atoms with Crippen LogP contribution in [-0.2, 0) is 9.53 Å². The number of nitrogens with zero attached hydrogens (tertiary/aromatic N) is 3.